The molecule has 0 aliphatic heterocycles. The summed E-state index contributed by atoms with van der Waals surface area (Å²) < 4.78 is 5.39. The van der Waals surface area contributed by atoms with E-state index in [9.17, 15) is 4.79 Å². The molecule has 19 heavy (non-hydrogen) atoms. The summed E-state index contributed by atoms with van der Waals surface area (Å²) in [5.41, 5.74) is 5.80. The lowest BCUT2D eigenvalue weighted by molar-refractivity contribution is -0.138. The van der Waals surface area contributed by atoms with Crippen LogP contribution in [0, 0.1) is 11.8 Å². The van der Waals surface area contributed by atoms with E-state index in [4.69, 9.17) is 10.2 Å². The molecule has 1 amide bonds. The lowest BCUT2D eigenvalue weighted by Crippen LogP contribution is -2.40. The maximum absolute atomic E-state index is 12.8. The third-order valence-electron chi connectivity index (χ3n) is 4.46. The molecule has 2 aliphatic rings. The van der Waals surface area contributed by atoms with Gasteiger partial charge in [0.15, 0.2) is 0 Å². The fourth-order valence-electron chi connectivity index (χ4n) is 3.20. The van der Waals surface area contributed by atoms with Gasteiger partial charge in [0.25, 0.3) is 0 Å². The summed E-state index contributed by atoms with van der Waals surface area (Å²) in [5, 5.41) is 0. The van der Waals surface area contributed by atoms with Crippen LogP contribution in [-0.2, 0) is 11.3 Å². The molecule has 0 bridgehead atoms. The predicted octanol–water partition coefficient (Wildman–Crippen LogP) is 2.15. The Bertz CT molecular complexity index is 425. The Morgan fingerprint density at radius 1 is 1.37 bits per heavy atom. The topological polar surface area (TPSA) is 59.5 Å². The highest BCUT2D eigenvalue weighted by atomic mass is 16.3. The van der Waals surface area contributed by atoms with Crippen molar-refractivity contribution in [2.75, 3.05) is 6.54 Å². The van der Waals surface area contributed by atoms with Crippen LogP contribution in [0.5, 0.6) is 0 Å². The summed E-state index contributed by atoms with van der Waals surface area (Å²) in [4.78, 5) is 14.8. The number of carbonyl (C=O) groups is 1. The summed E-state index contributed by atoms with van der Waals surface area (Å²) in [6.45, 7) is 1.25. The fraction of sp³-hybridized carbons (Fsp3) is 0.667. The predicted molar refractivity (Wildman–Crippen MR) is 72.2 cm³/mol. The van der Waals surface area contributed by atoms with Gasteiger partial charge in [0.2, 0.25) is 5.91 Å². The second-order valence-corrected chi connectivity index (χ2v) is 5.81. The molecule has 0 radical (unpaired) electrons. The monoisotopic (exact) mass is 262 g/mol. The quantitative estimate of drug-likeness (QED) is 0.884. The van der Waals surface area contributed by atoms with Crippen molar-refractivity contribution in [3.63, 3.8) is 0 Å². The lowest BCUT2D eigenvalue weighted by atomic mass is 9.94. The highest BCUT2D eigenvalue weighted by Gasteiger charge is 2.40. The highest BCUT2D eigenvalue weighted by Crippen LogP contribution is 2.36. The van der Waals surface area contributed by atoms with Crippen molar-refractivity contribution in [2.45, 2.75) is 44.7 Å². The first-order valence-electron chi connectivity index (χ1n) is 7.32. The van der Waals surface area contributed by atoms with Gasteiger partial charge >= 0.3 is 0 Å². The molecule has 104 valence electrons. The van der Waals surface area contributed by atoms with Crippen LogP contribution in [0.4, 0.5) is 0 Å². The number of amides is 1. The molecule has 1 aromatic heterocycles. The van der Waals surface area contributed by atoms with E-state index in [0.717, 1.165) is 37.9 Å². The van der Waals surface area contributed by atoms with Crippen LogP contribution in [0.1, 0.15) is 37.9 Å². The third-order valence-corrected chi connectivity index (χ3v) is 4.46. The smallest absolute Gasteiger partial charge is 0.226 e. The van der Waals surface area contributed by atoms with Gasteiger partial charge in [-0.2, -0.15) is 0 Å². The minimum atomic E-state index is 0.139. The summed E-state index contributed by atoms with van der Waals surface area (Å²) >= 11 is 0. The number of nitrogens with zero attached hydrogens (tertiary/aromatic N) is 1. The van der Waals surface area contributed by atoms with Crippen molar-refractivity contribution in [1.29, 1.82) is 0 Å². The van der Waals surface area contributed by atoms with Crippen molar-refractivity contribution < 1.29 is 9.21 Å². The van der Waals surface area contributed by atoms with Crippen LogP contribution in [0.3, 0.4) is 0 Å². The van der Waals surface area contributed by atoms with Gasteiger partial charge in [0, 0.05) is 12.0 Å². The average molecular weight is 262 g/mol. The molecule has 0 saturated heterocycles. The molecule has 2 saturated carbocycles. The van der Waals surface area contributed by atoms with Crippen LogP contribution in [0.2, 0.25) is 0 Å². The largest absolute Gasteiger partial charge is 0.467 e. The van der Waals surface area contributed by atoms with E-state index in [1.54, 1.807) is 6.26 Å². The molecule has 1 heterocycles. The van der Waals surface area contributed by atoms with Gasteiger partial charge in [-0.25, -0.2) is 0 Å². The summed E-state index contributed by atoms with van der Waals surface area (Å²) in [5.74, 6) is 1.69. The SMILES string of the molecule is NCC1CCCC1C(=O)N(Cc1ccco1)C1CC1. The Morgan fingerprint density at radius 3 is 2.84 bits per heavy atom. The summed E-state index contributed by atoms with van der Waals surface area (Å²) in [7, 11) is 0. The van der Waals surface area contributed by atoms with Crippen molar-refractivity contribution in [3.8, 4) is 0 Å². The van der Waals surface area contributed by atoms with Gasteiger partial charge in [-0.3, -0.25) is 4.79 Å². The van der Waals surface area contributed by atoms with Gasteiger partial charge in [-0.1, -0.05) is 6.42 Å². The number of nitrogens with two attached hydrogens (primary N) is 1. The van der Waals surface area contributed by atoms with Crippen LogP contribution >= 0.6 is 0 Å². The normalized spacial score (nSPS) is 26.6. The van der Waals surface area contributed by atoms with E-state index in [1.807, 2.05) is 17.0 Å². The molecular weight excluding hydrogens is 240 g/mol. The first kappa shape index (κ1) is 12.7. The minimum Gasteiger partial charge on any atom is -0.467 e. The number of hydrogen-bond donors (Lipinski definition) is 1. The lowest BCUT2D eigenvalue weighted by Gasteiger charge is -2.27. The van der Waals surface area contributed by atoms with Crippen LogP contribution in [0.15, 0.2) is 22.8 Å². The molecule has 1 aromatic rings. The van der Waals surface area contributed by atoms with E-state index < -0.39 is 0 Å². The molecule has 3 rings (SSSR count). The number of hydrogen-bond acceptors (Lipinski definition) is 3. The van der Waals surface area contributed by atoms with Gasteiger partial charge < -0.3 is 15.1 Å². The molecule has 2 aliphatic carbocycles. The maximum Gasteiger partial charge on any atom is 0.226 e. The van der Waals surface area contributed by atoms with Crippen LogP contribution in [0.25, 0.3) is 0 Å². The summed E-state index contributed by atoms with van der Waals surface area (Å²) in [6, 6.07) is 4.25. The molecule has 2 fully saturated rings. The van der Waals surface area contributed by atoms with Gasteiger partial charge in [0.05, 0.1) is 12.8 Å². The van der Waals surface area contributed by atoms with E-state index in [1.165, 1.54) is 0 Å². The van der Waals surface area contributed by atoms with Crippen molar-refractivity contribution in [2.24, 2.45) is 17.6 Å². The van der Waals surface area contributed by atoms with Crippen molar-refractivity contribution in [3.05, 3.63) is 24.2 Å². The standard InChI is InChI=1S/C15H22N2O2/c16-9-11-3-1-5-14(11)15(18)17(12-6-7-12)10-13-4-2-8-19-13/h2,4,8,11-12,14H,1,3,5-7,9-10,16H2. The Labute approximate surface area is 113 Å². The van der Waals surface area contributed by atoms with Gasteiger partial charge in [-0.15, -0.1) is 0 Å². The van der Waals surface area contributed by atoms with Gasteiger partial charge in [0.1, 0.15) is 5.76 Å². The Balaban J connectivity index is 1.71. The zero-order valence-electron chi connectivity index (χ0n) is 11.3. The van der Waals surface area contributed by atoms with Crippen LogP contribution in [-0.4, -0.2) is 23.4 Å². The zero-order valence-corrected chi connectivity index (χ0v) is 11.3. The molecule has 4 heteroatoms. The third kappa shape index (κ3) is 2.68. The molecule has 2 N–H and O–H groups in total. The first-order chi connectivity index (χ1) is 9.29. The maximum atomic E-state index is 12.8. The molecule has 4 nitrogen and oxygen atoms in total. The second-order valence-electron chi connectivity index (χ2n) is 5.81. The number of carbonyl (C=O) groups excluding carboxylic acids is 1. The van der Waals surface area contributed by atoms with Crippen LogP contribution < -0.4 is 5.73 Å². The minimum absolute atomic E-state index is 0.139. The molecule has 0 aromatic carbocycles. The first-order valence-corrected chi connectivity index (χ1v) is 7.32. The zero-order chi connectivity index (χ0) is 13.2. The molecule has 0 spiro atoms. The average Bonchev–Trinajstić information content (AvgIpc) is 2.95. The fourth-order valence-corrected chi connectivity index (χ4v) is 3.20. The van der Waals surface area contributed by atoms with Crippen molar-refractivity contribution in [1.82, 2.24) is 4.90 Å². The van der Waals surface area contributed by atoms with E-state index in [-0.39, 0.29) is 5.92 Å². The van der Waals surface area contributed by atoms with Gasteiger partial charge in [-0.05, 0) is 50.3 Å². The Morgan fingerprint density at radius 2 is 2.21 bits per heavy atom. The number of furan rings is 1. The Hall–Kier alpha value is -1.29. The molecular formula is C15H22N2O2. The van der Waals surface area contributed by atoms with E-state index in [0.29, 0.717) is 31.0 Å². The van der Waals surface area contributed by atoms with Crippen molar-refractivity contribution >= 4 is 5.91 Å². The van der Waals surface area contributed by atoms with E-state index >= 15 is 0 Å². The molecule has 2 unspecified atom stereocenters. The summed E-state index contributed by atoms with van der Waals surface area (Å²) in [6.07, 6.45) is 7.17. The second kappa shape index (κ2) is 5.37. The van der Waals surface area contributed by atoms with E-state index in [2.05, 4.69) is 0 Å². The number of rotatable bonds is 5. The molecule has 2 atom stereocenters. The Kier molecular flexibility index (Phi) is 3.60. The highest BCUT2D eigenvalue weighted by molar-refractivity contribution is 5.80.